The average molecular weight is 399 g/mol. The number of anilines is 1. The number of carbonyl (C=O) groups excluding carboxylic acids is 2. The van der Waals surface area contributed by atoms with Gasteiger partial charge in [-0.2, -0.15) is 0 Å². The van der Waals surface area contributed by atoms with E-state index in [2.05, 4.69) is 5.32 Å². The normalized spacial score (nSPS) is 11.9. The van der Waals surface area contributed by atoms with E-state index in [1.54, 1.807) is 13.8 Å². The van der Waals surface area contributed by atoms with E-state index in [4.69, 9.17) is 13.9 Å². The van der Waals surface area contributed by atoms with Crippen LogP contribution in [0.2, 0.25) is 0 Å². The van der Waals surface area contributed by atoms with Gasteiger partial charge in [0.05, 0.1) is 13.2 Å². The summed E-state index contributed by atoms with van der Waals surface area (Å²) >= 11 is 0. The van der Waals surface area contributed by atoms with E-state index in [1.165, 1.54) is 0 Å². The first kappa shape index (κ1) is 22.3. The molecule has 29 heavy (non-hydrogen) atoms. The molecule has 0 unspecified atom stereocenters. The molecule has 1 aromatic heterocycles. The van der Waals surface area contributed by atoms with E-state index in [9.17, 15) is 9.59 Å². The maximum absolute atomic E-state index is 12.8. The molecule has 0 fully saturated rings. The zero-order valence-electron chi connectivity index (χ0n) is 17.9. The van der Waals surface area contributed by atoms with Gasteiger partial charge in [-0.25, -0.2) is 9.59 Å². The van der Waals surface area contributed by atoms with Gasteiger partial charge < -0.3 is 19.2 Å². The Morgan fingerprint density at radius 3 is 2.07 bits per heavy atom. The molecule has 156 valence electrons. The SMILES string of the molecule is CCOC(=O)c1c(NC(C)(C)C)oc(/C(C)=C/c2ccccc2)c1C(=O)OCC. The third-order valence-electron chi connectivity index (χ3n) is 3.90. The van der Waals surface area contributed by atoms with E-state index in [0.29, 0.717) is 5.57 Å². The molecule has 1 N–H and O–H groups in total. The Balaban J connectivity index is 2.70. The lowest BCUT2D eigenvalue weighted by Crippen LogP contribution is -2.27. The molecule has 0 aliphatic rings. The van der Waals surface area contributed by atoms with Gasteiger partial charge in [-0.15, -0.1) is 0 Å². The standard InChI is InChI=1S/C23H29NO5/c1-7-27-21(25)17-18(22(26)28-8-2)20(24-23(4,5)6)29-19(17)15(3)14-16-12-10-9-11-13-16/h9-14,24H,7-8H2,1-6H3/b15-14+. The Morgan fingerprint density at radius 1 is 1.00 bits per heavy atom. The topological polar surface area (TPSA) is 77.8 Å². The Morgan fingerprint density at radius 2 is 1.55 bits per heavy atom. The summed E-state index contributed by atoms with van der Waals surface area (Å²) in [5, 5.41) is 3.16. The minimum atomic E-state index is -0.634. The van der Waals surface area contributed by atoms with E-state index < -0.39 is 17.5 Å². The Hall–Kier alpha value is -3.02. The van der Waals surface area contributed by atoms with Crippen LogP contribution in [0.1, 0.15) is 73.6 Å². The van der Waals surface area contributed by atoms with Crippen LogP contribution in [0.5, 0.6) is 0 Å². The average Bonchev–Trinajstić information content (AvgIpc) is 3.00. The number of hydrogen-bond acceptors (Lipinski definition) is 6. The molecule has 0 radical (unpaired) electrons. The molecule has 1 heterocycles. The molecule has 2 aromatic rings. The number of furan rings is 1. The molecule has 0 amide bonds. The third kappa shape index (κ3) is 5.73. The van der Waals surface area contributed by atoms with E-state index in [0.717, 1.165) is 5.56 Å². The molecular weight excluding hydrogens is 370 g/mol. The zero-order valence-corrected chi connectivity index (χ0v) is 17.9. The Labute approximate surface area is 171 Å². The summed E-state index contributed by atoms with van der Waals surface area (Å²) in [5.74, 6) is -0.793. The van der Waals surface area contributed by atoms with Crippen LogP contribution < -0.4 is 5.32 Å². The molecule has 0 saturated heterocycles. The lowest BCUT2D eigenvalue weighted by Gasteiger charge is -2.20. The first-order valence-corrected chi connectivity index (χ1v) is 9.70. The van der Waals surface area contributed by atoms with Crippen molar-refractivity contribution in [2.75, 3.05) is 18.5 Å². The first-order chi connectivity index (χ1) is 13.7. The van der Waals surface area contributed by atoms with Gasteiger partial charge in [-0.05, 0) is 58.8 Å². The second-order valence-corrected chi connectivity index (χ2v) is 7.56. The molecule has 6 heteroatoms. The van der Waals surface area contributed by atoms with Gasteiger partial charge in [0.1, 0.15) is 16.9 Å². The molecular formula is C23H29NO5. The second-order valence-electron chi connectivity index (χ2n) is 7.56. The minimum Gasteiger partial charge on any atom is -0.462 e. The molecule has 1 aromatic carbocycles. The Kier molecular flexibility index (Phi) is 7.26. The van der Waals surface area contributed by atoms with Crippen LogP contribution in [-0.2, 0) is 9.47 Å². The maximum Gasteiger partial charge on any atom is 0.344 e. The van der Waals surface area contributed by atoms with Crippen LogP contribution in [-0.4, -0.2) is 30.7 Å². The van der Waals surface area contributed by atoms with Gasteiger partial charge in [-0.3, -0.25) is 0 Å². The fraction of sp³-hybridized carbons (Fsp3) is 0.391. The summed E-state index contributed by atoms with van der Waals surface area (Å²) in [6, 6.07) is 9.65. The predicted molar refractivity (Wildman–Crippen MR) is 114 cm³/mol. The quantitative estimate of drug-likeness (QED) is 0.628. The highest BCUT2D eigenvalue weighted by atomic mass is 16.5. The molecule has 0 saturated carbocycles. The van der Waals surface area contributed by atoms with Crippen molar-refractivity contribution in [2.45, 2.75) is 47.1 Å². The molecule has 6 nitrogen and oxygen atoms in total. The van der Waals surface area contributed by atoms with Gasteiger partial charge in [-0.1, -0.05) is 30.3 Å². The highest BCUT2D eigenvalue weighted by Crippen LogP contribution is 2.35. The van der Waals surface area contributed by atoms with Crippen molar-refractivity contribution < 1.29 is 23.5 Å². The largest absolute Gasteiger partial charge is 0.462 e. The lowest BCUT2D eigenvalue weighted by atomic mass is 10.0. The van der Waals surface area contributed by atoms with Gasteiger partial charge >= 0.3 is 11.9 Å². The van der Waals surface area contributed by atoms with Crippen LogP contribution in [0.15, 0.2) is 34.7 Å². The number of esters is 2. The molecule has 0 spiro atoms. The molecule has 0 atom stereocenters. The second kappa shape index (κ2) is 9.45. The van der Waals surface area contributed by atoms with Crippen LogP contribution in [0.25, 0.3) is 11.6 Å². The summed E-state index contributed by atoms with van der Waals surface area (Å²) in [4.78, 5) is 25.5. The van der Waals surface area contributed by atoms with Crippen molar-refractivity contribution in [3.05, 3.63) is 52.8 Å². The predicted octanol–water partition coefficient (Wildman–Crippen LogP) is 5.40. The summed E-state index contributed by atoms with van der Waals surface area (Å²) in [6.07, 6.45) is 1.89. The smallest absolute Gasteiger partial charge is 0.344 e. The van der Waals surface area contributed by atoms with Gasteiger partial charge in [0.15, 0.2) is 0 Å². The van der Waals surface area contributed by atoms with Crippen LogP contribution in [0, 0.1) is 0 Å². The summed E-state index contributed by atoms with van der Waals surface area (Å²) in [7, 11) is 0. The summed E-state index contributed by atoms with van der Waals surface area (Å²) in [5.41, 5.74) is 1.35. The highest BCUT2D eigenvalue weighted by Gasteiger charge is 2.34. The molecule has 0 aliphatic carbocycles. The summed E-state index contributed by atoms with van der Waals surface area (Å²) < 4.78 is 16.4. The fourth-order valence-corrected chi connectivity index (χ4v) is 2.80. The highest BCUT2D eigenvalue weighted by molar-refractivity contribution is 6.09. The summed E-state index contributed by atoms with van der Waals surface area (Å²) in [6.45, 7) is 11.4. The van der Waals surface area contributed by atoms with Crippen molar-refractivity contribution in [3.8, 4) is 0 Å². The first-order valence-electron chi connectivity index (χ1n) is 9.70. The Bertz CT molecular complexity index is 888. The third-order valence-corrected chi connectivity index (χ3v) is 3.90. The maximum atomic E-state index is 12.8. The van der Waals surface area contributed by atoms with Crippen molar-refractivity contribution in [1.82, 2.24) is 0 Å². The van der Waals surface area contributed by atoms with Crippen molar-refractivity contribution in [1.29, 1.82) is 0 Å². The van der Waals surface area contributed by atoms with Crippen molar-refractivity contribution >= 4 is 29.5 Å². The van der Waals surface area contributed by atoms with Crippen molar-refractivity contribution in [3.63, 3.8) is 0 Å². The van der Waals surface area contributed by atoms with Gasteiger partial charge in [0.25, 0.3) is 0 Å². The number of carbonyl (C=O) groups is 2. The lowest BCUT2D eigenvalue weighted by molar-refractivity contribution is 0.0480. The van der Waals surface area contributed by atoms with Crippen LogP contribution in [0.3, 0.4) is 0 Å². The number of allylic oxidation sites excluding steroid dienone is 1. The van der Waals surface area contributed by atoms with E-state index >= 15 is 0 Å². The number of hydrogen-bond donors (Lipinski definition) is 1. The van der Waals surface area contributed by atoms with Crippen LogP contribution in [0.4, 0.5) is 5.88 Å². The monoisotopic (exact) mass is 399 g/mol. The zero-order chi connectivity index (χ0) is 21.6. The van der Waals surface area contributed by atoms with Gasteiger partial charge in [0, 0.05) is 5.54 Å². The van der Waals surface area contributed by atoms with E-state index in [-0.39, 0.29) is 36.0 Å². The molecule has 0 aliphatic heterocycles. The van der Waals surface area contributed by atoms with Gasteiger partial charge in [0.2, 0.25) is 5.88 Å². The minimum absolute atomic E-state index is 0.0519. The van der Waals surface area contributed by atoms with Crippen LogP contribution >= 0.6 is 0 Å². The van der Waals surface area contributed by atoms with E-state index in [1.807, 2.05) is 64.1 Å². The molecule has 0 bridgehead atoms. The number of rotatable bonds is 7. The fourth-order valence-electron chi connectivity index (χ4n) is 2.80. The van der Waals surface area contributed by atoms with Crippen molar-refractivity contribution in [2.24, 2.45) is 0 Å². The number of ether oxygens (including phenoxy) is 2. The molecule has 2 rings (SSSR count). The number of nitrogens with one attached hydrogen (secondary N) is 1. The number of benzene rings is 1.